The van der Waals surface area contributed by atoms with Gasteiger partial charge in [0.05, 0.1) is 16.3 Å². The fourth-order valence-corrected chi connectivity index (χ4v) is 3.80. The lowest BCUT2D eigenvalue weighted by molar-refractivity contribution is 0.595. The molecule has 106 valence electrons. The minimum atomic E-state index is -3.14. The summed E-state index contributed by atoms with van der Waals surface area (Å²) in [5.41, 5.74) is 0.756. The van der Waals surface area contributed by atoms with Crippen LogP contribution in [0, 0.1) is 5.92 Å². The van der Waals surface area contributed by atoms with Gasteiger partial charge in [-0.15, -0.1) is 0 Å². The second-order valence-corrected chi connectivity index (χ2v) is 7.40. The molecule has 0 unspecified atom stereocenters. The third-order valence-electron chi connectivity index (χ3n) is 3.50. The fourth-order valence-electron chi connectivity index (χ4n) is 2.28. The first-order valence-corrected chi connectivity index (χ1v) is 8.84. The zero-order valence-corrected chi connectivity index (χ0v) is 12.4. The molecule has 1 aliphatic carbocycles. The van der Waals surface area contributed by atoms with Gasteiger partial charge in [-0.25, -0.2) is 8.42 Å². The highest BCUT2D eigenvalue weighted by molar-refractivity contribution is 7.91. The average Bonchev–Trinajstić information content (AvgIpc) is 3.19. The van der Waals surface area contributed by atoms with Crippen LogP contribution >= 0.6 is 0 Å². The number of sulfone groups is 1. The minimum absolute atomic E-state index is 0.216. The molecule has 1 aliphatic rings. The molecule has 1 aromatic carbocycles. The topological polar surface area (TPSA) is 46.2 Å². The lowest BCUT2D eigenvalue weighted by Crippen LogP contribution is -2.11. The van der Waals surface area contributed by atoms with E-state index in [1.807, 2.05) is 19.1 Å². The van der Waals surface area contributed by atoms with Crippen LogP contribution in [-0.2, 0) is 9.84 Å². The highest BCUT2D eigenvalue weighted by Gasteiger charge is 2.20. The molecule has 0 amide bonds. The molecule has 1 aromatic rings. The van der Waals surface area contributed by atoms with Crippen molar-refractivity contribution in [3.8, 4) is 0 Å². The lowest BCUT2D eigenvalue weighted by Gasteiger charge is -2.12. The van der Waals surface area contributed by atoms with Crippen LogP contribution in [0.25, 0.3) is 0 Å². The third-order valence-corrected chi connectivity index (χ3v) is 5.47. The number of hydrogen-bond acceptors (Lipinski definition) is 3. The summed E-state index contributed by atoms with van der Waals surface area (Å²) in [7, 11) is -3.14. The van der Waals surface area contributed by atoms with E-state index >= 15 is 0 Å². The Morgan fingerprint density at radius 2 is 2.00 bits per heavy atom. The molecule has 0 saturated heterocycles. The number of rotatable bonds is 8. The van der Waals surface area contributed by atoms with Crippen LogP contribution < -0.4 is 5.32 Å². The standard InChI is InChI=1S/C15H23NO2S/c1-2-12-19(17,18)15-8-4-3-7-14(15)16-11-5-6-13-9-10-13/h3-4,7-8,13,16H,2,5-6,9-12H2,1H3. The molecule has 0 atom stereocenters. The lowest BCUT2D eigenvalue weighted by atomic mass is 10.2. The smallest absolute Gasteiger partial charge is 0.180 e. The first kappa shape index (κ1) is 14.4. The predicted molar refractivity (Wildman–Crippen MR) is 79.2 cm³/mol. The molecule has 1 fully saturated rings. The molecule has 0 aromatic heterocycles. The monoisotopic (exact) mass is 281 g/mol. The molecule has 0 spiro atoms. The van der Waals surface area contributed by atoms with Gasteiger partial charge in [0.1, 0.15) is 0 Å². The molecule has 1 saturated carbocycles. The number of nitrogens with one attached hydrogen (secondary N) is 1. The van der Waals surface area contributed by atoms with Gasteiger partial charge in [0.25, 0.3) is 0 Å². The number of para-hydroxylation sites is 1. The molecular weight excluding hydrogens is 258 g/mol. The van der Waals surface area contributed by atoms with E-state index in [9.17, 15) is 8.42 Å². The zero-order valence-electron chi connectivity index (χ0n) is 11.6. The summed E-state index contributed by atoms with van der Waals surface area (Å²) >= 11 is 0. The van der Waals surface area contributed by atoms with Crippen molar-refractivity contribution in [2.75, 3.05) is 17.6 Å². The Morgan fingerprint density at radius 1 is 1.26 bits per heavy atom. The van der Waals surface area contributed by atoms with Gasteiger partial charge >= 0.3 is 0 Å². The van der Waals surface area contributed by atoms with Crippen LogP contribution in [0.2, 0.25) is 0 Å². The van der Waals surface area contributed by atoms with Crippen molar-refractivity contribution in [2.45, 2.75) is 43.9 Å². The Hall–Kier alpha value is -1.03. The van der Waals surface area contributed by atoms with Crippen LogP contribution in [0.4, 0.5) is 5.69 Å². The fraction of sp³-hybridized carbons (Fsp3) is 0.600. The van der Waals surface area contributed by atoms with E-state index in [2.05, 4.69) is 5.32 Å². The second kappa shape index (κ2) is 6.42. The number of anilines is 1. The minimum Gasteiger partial charge on any atom is -0.384 e. The van der Waals surface area contributed by atoms with Crippen LogP contribution in [0.3, 0.4) is 0 Å². The van der Waals surface area contributed by atoms with Gasteiger partial charge in [-0.2, -0.15) is 0 Å². The molecule has 19 heavy (non-hydrogen) atoms. The zero-order chi connectivity index (χ0) is 13.7. The molecular formula is C15H23NO2S. The van der Waals surface area contributed by atoms with E-state index in [1.165, 1.54) is 19.3 Å². The van der Waals surface area contributed by atoms with Gasteiger partial charge in [0.2, 0.25) is 0 Å². The molecule has 2 rings (SSSR count). The summed E-state index contributed by atoms with van der Waals surface area (Å²) in [5.74, 6) is 1.15. The van der Waals surface area contributed by atoms with Gasteiger partial charge in [-0.3, -0.25) is 0 Å². The van der Waals surface area contributed by atoms with Crippen molar-refractivity contribution in [1.82, 2.24) is 0 Å². The molecule has 0 aliphatic heterocycles. The first-order valence-electron chi connectivity index (χ1n) is 7.19. The van der Waals surface area contributed by atoms with E-state index in [0.717, 1.165) is 24.6 Å². The Labute approximate surface area is 116 Å². The maximum Gasteiger partial charge on any atom is 0.180 e. The van der Waals surface area contributed by atoms with Gasteiger partial charge in [0, 0.05) is 6.54 Å². The Bertz CT molecular complexity index is 507. The molecule has 0 bridgehead atoms. The highest BCUT2D eigenvalue weighted by atomic mass is 32.2. The van der Waals surface area contributed by atoms with E-state index in [0.29, 0.717) is 11.3 Å². The normalized spacial score (nSPS) is 15.4. The Kier molecular flexibility index (Phi) is 4.86. The summed E-state index contributed by atoms with van der Waals surface area (Å²) in [6.45, 7) is 2.75. The van der Waals surface area contributed by atoms with Gasteiger partial charge in [-0.1, -0.05) is 31.9 Å². The number of benzene rings is 1. The summed E-state index contributed by atoms with van der Waals surface area (Å²) in [6.07, 6.45) is 5.78. The van der Waals surface area contributed by atoms with Crippen LogP contribution in [0.1, 0.15) is 39.0 Å². The largest absolute Gasteiger partial charge is 0.384 e. The summed E-state index contributed by atoms with van der Waals surface area (Å²) in [5, 5.41) is 3.28. The molecule has 0 radical (unpaired) electrons. The highest BCUT2D eigenvalue weighted by Crippen LogP contribution is 2.33. The number of hydrogen-bond donors (Lipinski definition) is 1. The van der Waals surface area contributed by atoms with E-state index < -0.39 is 9.84 Å². The average molecular weight is 281 g/mol. The van der Waals surface area contributed by atoms with Gasteiger partial charge in [0.15, 0.2) is 9.84 Å². The summed E-state index contributed by atoms with van der Waals surface area (Å²) in [4.78, 5) is 0.447. The van der Waals surface area contributed by atoms with E-state index in [1.54, 1.807) is 12.1 Å². The summed E-state index contributed by atoms with van der Waals surface area (Å²) < 4.78 is 24.3. The first-order chi connectivity index (χ1) is 9.13. The van der Waals surface area contributed by atoms with E-state index in [4.69, 9.17) is 0 Å². The quantitative estimate of drug-likeness (QED) is 0.742. The van der Waals surface area contributed by atoms with Crippen molar-refractivity contribution in [2.24, 2.45) is 5.92 Å². The molecule has 0 heterocycles. The van der Waals surface area contributed by atoms with Crippen LogP contribution in [0.15, 0.2) is 29.2 Å². The maximum atomic E-state index is 12.2. The Morgan fingerprint density at radius 3 is 2.68 bits per heavy atom. The third kappa shape index (κ3) is 4.23. The molecule has 3 nitrogen and oxygen atoms in total. The molecule has 4 heteroatoms. The van der Waals surface area contributed by atoms with E-state index in [-0.39, 0.29) is 5.75 Å². The van der Waals surface area contributed by atoms with Gasteiger partial charge in [-0.05, 0) is 37.3 Å². The van der Waals surface area contributed by atoms with Crippen molar-refractivity contribution in [1.29, 1.82) is 0 Å². The molecule has 1 N–H and O–H groups in total. The maximum absolute atomic E-state index is 12.2. The Balaban J connectivity index is 1.98. The van der Waals surface area contributed by atoms with Crippen molar-refractivity contribution in [3.05, 3.63) is 24.3 Å². The van der Waals surface area contributed by atoms with Crippen molar-refractivity contribution in [3.63, 3.8) is 0 Å². The van der Waals surface area contributed by atoms with Crippen molar-refractivity contribution < 1.29 is 8.42 Å². The van der Waals surface area contributed by atoms with Gasteiger partial charge < -0.3 is 5.32 Å². The van der Waals surface area contributed by atoms with Crippen molar-refractivity contribution >= 4 is 15.5 Å². The van der Waals surface area contributed by atoms with Crippen LogP contribution in [0.5, 0.6) is 0 Å². The predicted octanol–water partition coefficient (Wildman–Crippen LogP) is 3.47. The van der Waals surface area contributed by atoms with Crippen LogP contribution in [-0.4, -0.2) is 20.7 Å². The summed E-state index contributed by atoms with van der Waals surface area (Å²) in [6, 6.07) is 7.24. The second-order valence-electron chi connectivity index (χ2n) is 5.33. The SMILES string of the molecule is CCCS(=O)(=O)c1ccccc1NCCCC1CC1.